The molecule has 0 fully saturated rings. The minimum atomic E-state index is 0.188. The molecule has 1 heterocycles. The Morgan fingerprint density at radius 1 is 1.42 bits per heavy atom. The van der Waals surface area contributed by atoms with Crippen LogP contribution in [-0.4, -0.2) is 15.2 Å². The Kier molecular flexibility index (Phi) is 3.62. The summed E-state index contributed by atoms with van der Waals surface area (Å²) in [5, 5.41) is 1.08. The average molecular weight is 223 g/mol. The molecule has 0 N–H and O–H groups in total. The molecule has 12 heavy (non-hydrogen) atoms. The molecule has 0 radical (unpaired) electrons. The molecule has 0 aromatic carbocycles. The fourth-order valence-electron chi connectivity index (χ4n) is 0.663. The minimum Gasteiger partial charge on any atom is -0.225 e. The van der Waals surface area contributed by atoms with E-state index in [1.54, 1.807) is 18.0 Å². The molecule has 1 rings (SSSR count). The summed E-state index contributed by atoms with van der Waals surface area (Å²) in [4.78, 5) is 8.54. The van der Waals surface area contributed by atoms with Crippen molar-refractivity contribution in [3.05, 3.63) is 16.6 Å². The first kappa shape index (κ1) is 10.1. The molecule has 0 atom stereocenters. The third kappa shape index (κ3) is 2.81. The Labute approximate surface area is 85.7 Å². The summed E-state index contributed by atoms with van der Waals surface area (Å²) in [6, 6.07) is 0. The first-order valence-electron chi connectivity index (χ1n) is 3.44. The Hall–Kier alpha value is 0.01000. The molecule has 1 aromatic heterocycles. The van der Waals surface area contributed by atoms with E-state index in [4.69, 9.17) is 23.2 Å². The van der Waals surface area contributed by atoms with Gasteiger partial charge >= 0.3 is 0 Å². The molecule has 0 bridgehead atoms. The van der Waals surface area contributed by atoms with E-state index >= 15 is 0 Å². The Morgan fingerprint density at radius 2 is 2.08 bits per heavy atom. The van der Waals surface area contributed by atoms with Crippen molar-refractivity contribution >= 4 is 35.0 Å². The largest absolute Gasteiger partial charge is 0.225 e. The monoisotopic (exact) mass is 222 g/mol. The van der Waals surface area contributed by atoms with Crippen LogP contribution in [0.3, 0.4) is 0 Å². The Bertz CT molecular complexity index is 278. The summed E-state index contributed by atoms with van der Waals surface area (Å²) < 4.78 is 0. The van der Waals surface area contributed by atoms with Crippen LogP contribution in [0.5, 0.6) is 0 Å². The van der Waals surface area contributed by atoms with Crippen LogP contribution in [0.15, 0.2) is 11.1 Å². The molecule has 0 unspecified atom stereocenters. The van der Waals surface area contributed by atoms with E-state index in [0.29, 0.717) is 10.4 Å². The summed E-state index contributed by atoms with van der Waals surface area (Å²) in [6.07, 6.45) is 1.64. The van der Waals surface area contributed by atoms with Crippen molar-refractivity contribution in [3.8, 4) is 0 Å². The van der Waals surface area contributed by atoms with E-state index in [-0.39, 0.29) is 5.28 Å². The van der Waals surface area contributed by atoms with Crippen molar-refractivity contribution in [3.63, 3.8) is 0 Å². The van der Waals surface area contributed by atoms with Crippen molar-refractivity contribution in [2.75, 3.05) is 0 Å². The number of nitrogens with zero attached hydrogens (tertiary/aromatic N) is 2. The highest BCUT2D eigenvalue weighted by atomic mass is 35.5. The maximum Gasteiger partial charge on any atom is 0.223 e. The third-order valence-corrected chi connectivity index (χ3v) is 2.65. The quantitative estimate of drug-likeness (QED) is 0.437. The van der Waals surface area contributed by atoms with Crippen molar-refractivity contribution in [2.24, 2.45) is 0 Å². The van der Waals surface area contributed by atoms with Gasteiger partial charge in [0, 0.05) is 11.4 Å². The van der Waals surface area contributed by atoms with Crippen molar-refractivity contribution < 1.29 is 0 Å². The summed E-state index contributed by atoms with van der Waals surface area (Å²) in [7, 11) is 0. The summed E-state index contributed by atoms with van der Waals surface area (Å²) >= 11 is 13.0. The van der Waals surface area contributed by atoms with Gasteiger partial charge in [0.25, 0.3) is 0 Å². The summed E-state index contributed by atoms with van der Waals surface area (Å²) in [5.41, 5.74) is 0. The van der Waals surface area contributed by atoms with Gasteiger partial charge in [-0.3, -0.25) is 0 Å². The normalized spacial score (nSPS) is 10.8. The van der Waals surface area contributed by atoms with Gasteiger partial charge < -0.3 is 0 Å². The minimum absolute atomic E-state index is 0.188. The molecule has 0 aliphatic heterocycles. The number of halogens is 2. The van der Waals surface area contributed by atoms with E-state index in [2.05, 4.69) is 23.8 Å². The van der Waals surface area contributed by atoms with Crippen molar-refractivity contribution in [1.82, 2.24) is 9.97 Å². The van der Waals surface area contributed by atoms with Gasteiger partial charge in [0.15, 0.2) is 0 Å². The second-order valence-electron chi connectivity index (χ2n) is 2.46. The van der Waals surface area contributed by atoms with E-state index in [9.17, 15) is 0 Å². The van der Waals surface area contributed by atoms with Crippen LogP contribution in [-0.2, 0) is 0 Å². The molecule has 5 heteroatoms. The number of thioether (sulfide) groups is 1. The summed E-state index contributed by atoms with van der Waals surface area (Å²) in [6.45, 7) is 4.16. The fraction of sp³-hybridized carbons (Fsp3) is 0.429. The van der Waals surface area contributed by atoms with Crippen LogP contribution in [0.1, 0.15) is 13.8 Å². The van der Waals surface area contributed by atoms with E-state index in [0.717, 1.165) is 4.90 Å². The maximum absolute atomic E-state index is 5.82. The number of hydrogen-bond donors (Lipinski definition) is 0. The Morgan fingerprint density at radius 3 is 2.58 bits per heavy atom. The van der Waals surface area contributed by atoms with Crippen LogP contribution in [0.4, 0.5) is 0 Å². The van der Waals surface area contributed by atoms with Crippen LogP contribution in [0.2, 0.25) is 10.4 Å². The lowest BCUT2D eigenvalue weighted by Crippen LogP contribution is -1.90. The predicted molar refractivity (Wildman–Crippen MR) is 53.0 cm³/mol. The topological polar surface area (TPSA) is 25.8 Å². The van der Waals surface area contributed by atoms with Gasteiger partial charge in [-0.15, -0.1) is 11.8 Å². The lowest BCUT2D eigenvalue weighted by atomic mass is 10.6. The van der Waals surface area contributed by atoms with Crippen LogP contribution in [0, 0.1) is 0 Å². The van der Waals surface area contributed by atoms with Gasteiger partial charge in [0.1, 0.15) is 5.15 Å². The van der Waals surface area contributed by atoms with E-state index < -0.39 is 0 Å². The highest BCUT2D eigenvalue weighted by molar-refractivity contribution is 8.00. The SMILES string of the molecule is CC(C)Sc1cnc(Cl)nc1Cl. The number of aromatic nitrogens is 2. The third-order valence-electron chi connectivity index (χ3n) is 1.04. The zero-order valence-corrected chi connectivity index (χ0v) is 9.04. The molecule has 0 spiro atoms. The van der Waals surface area contributed by atoms with Gasteiger partial charge in [-0.05, 0) is 11.6 Å². The molecule has 0 aliphatic carbocycles. The lowest BCUT2D eigenvalue weighted by Gasteiger charge is -2.04. The van der Waals surface area contributed by atoms with Crippen LogP contribution >= 0.6 is 35.0 Å². The highest BCUT2D eigenvalue weighted by Gasteiger charge is 2.05. The molecule has 0 aliphatic rings. The van der Waals surface area contributed by atoms with Gasteiger partial charge in [-0.2, -0.15) is 0 Å². The van der Waals surface area contributed by atoms with Crippen molar-refractivity contribution in [1.29, 1.82) is 0 Å². The van der Waals surface area contributed by atoms with E-state index in [1.807, 2.05) is 0 Å². The predicted octanol–water partition coefficient (Wildman–Crippen LogP) is 3.28. The molecule has 1 aromatic rings. The van der Waals surface area contributed by atoms with E-state index in [1.165, 1.54) is 0 Å². The number of rotatable bonds is 2. The Balaban J connectivity index is 2.86. The van der Waals surface area contributed by atoms with Gasteiger partial charge in [-0.25, -0.2) is 9.97 Å². The molecule has 0 saturated heterocycles. The number of hydrogen-bond acceptors (Lipinski definition) is 3. The van der Waals surface area contributed by atoms with Gasteiger partial charge in [-0.1, -0.05) is 25.4 Å². The zero-order chi connectivity index (χ0) is 9.14. The standard InChI is InChI=1S/C7H8Cl2N2S/c1-4(2)12-5-3-10-7(9)11-6(5)8/h3-4H,1-2H3. The second kappa shape index (κ2) is 4.30. The molecule has 0 saturated carbocycles. The average Bonchev–Trinajstić information content (AvgIpc) is 1.94. The van der Waals surface area contributed by atoms with Gasteiger partial charge in [0.2, 0.25) is 5.28 Å². The summed E-state index contributed by atoms with van der Waals surface area (Å²) in [5.74, 6) is 0. The molecule has 0 amide bonds. The zero-order valence-electron chi connectivity index (χ0n) is 6.71. The van der Waals surface area contributed by atoms with Crippen LogP contribution < -0.4 is 0 Å². The molecule has 2 nitrogen and oxygen atoms in total. The highest BCUT2D eigenvalue weighted by Crippen LogP contribution is 2.28. The second-order valence-corrected chi connectivity index (χ2v) is 4.78. The maximum atomic E-state index is 5.82. The first-order valence-corrected chi connectivity index (χ1v) is 5.08. The molecule has 66 valence electrons. The molecular weight excluding hydrogens is 215 g/mol. The van der Waals surface area contributed by atoms with Gasteiger partial charge in [0.05, 0.1) is 4.90 Å². The van der Waals surface area contributed by atoms with Crippen LogP contribution in [0.25, 0.3) is 0 Å². The lowest BCUT2D eigenvalue weighted by molar-refractivity contribution is 1.07. The fourth-order valence-corrected chi connectivity index (χ4v) is 1.87. The van der Waals surface area contributed by atoms with Crippen molar-refractivity contribution in [2.45, 2.75) is 24.0 Å². The smallest absolute Gasteiger partial charge is 0.223 e. The molecular formula is C7H8Cl2N2S. The first-order chi connectivity index (χ1) is 5.59.